The molecule has 17 heavy (non-hydrogen) atoms. The lowest BCUT2D eigenvalue weighted by Crippen LogP contribution is -2.46. The second-order valence-electron chi connectivity index (χ2n) is 6.88. The number of hydrogen-bond acceptors (Lipinski definition) is 3. The van der Waals surface area contributed by atoms with Crippen LogP contribution >= 0.6 is 0 Å². The molecular weight excluding hydrogens is 212 g/mol. The van der Waals surface area contributed by atoms with Gasteiger partial charge in [-0.1, -0.05) is 20.8 Å². The first-order chi connectivity index (χ1) is 7.69. The van der Waals surface area contributed by atoms with Crippen LogP contribution in [0.2, 0.25) is 0 Å². The first-order valence-corrected chi connectivity index (χ1v) is 6.42. The van der Waals surface area contributed by atoms with Crippen LogP contribution in [0.4, 0.5) is 5.95 Å². The van der Waals surface area contributed by atoms with E-state index in [0.717, 1.165) is 31.3 Å². The van der Waals surface area contributed by atoms with E-state index in [1.54, 1.807) is 0 Å². The second-order valence-corrected chi connectivity index (χ2v) is 6.88. The highest BCUT2D eigenvalue weighted by molar-refractivity contribution is 5.36. The third-order valence-corrected chi connectivity index (χ3v) is 3.13. The van der Waals surface area contributed by atoms with Crippen molar-refractivity contribution >= 4 is 5.95 Å². The topological polar surface area (TPSA) is 34.0 Å². The molecule has 0 unspecified atom stereocenters. The van der Waals surface area contributed by atoms with E-state index in [1.165, 1.54) is 0 Å². The van der Waals surface area contributed by atoms with Crippen LogP contribution < -0.4 is 4.90 Å². The van der Waals surface area contributed by atoms with Gasteiger partial charge in [0.15, 0.2) is 5.82 Å². The summed E-state index contributed by atoms with van der Waals surface area (Å²) in [5.74, 6) is 1.98. The van der Waals surface area contributed by atoms with E-state index in [9.17, 15) is 0 Å². The summed E-state index contributed by atoms with van der Waals surface area (Å²) in [5.41, 5.74) is 0.133. The van der Waals surface area contributed by atoms with Crippen LogP contribution in [0.25, 0.3) is 0 Å². The van der Waals surface area contributed by atoms with Crippen LogP contribution in [0.3, 0.4) is 0 Å². The van der Waals surface area contributed by atoms with Crippen molar-refractivity contribution in [1.29, 1.82) is 0 Å². The molecule has 1 aromatic rings. The summed E-state index contributed by atoms with van der Waals surface area (Å²) in [6, 6.07) is 0. The standard InChI is InChI=1S/C13H24N4/c1-12(2,3)10-14-11-16(13(4,5)6)8-7-9-17(11)15-10/h7-9H2,1-6H3. The van der Waals surface area contributed by atoms with Crippen molar-refractivity contribution in [2.75, 3.05) is 11.4 Å². The average Bonchev–Trinajstić information content (AvgIpc) is 2.57. The highest BCUT2D eigenvalue weighted by Crippen LogP contribution is 2.29. The molecule has 0 fully saturated rings. The molecule has 0 spiro atoms. The Morgan fingerprint density at radius 1 is 1.00 bits per heavy atom. The molecular formula is C13H24N4. The molecule has 0 atom stereocenters. The number of hydrogen-bond donors (Lipinski definition) is 0. The fourth-order valence-electron chi connectivity index (χ4n) is 2.12. The number of rotatable bonds is 0. The molecule has 0 amide bonds. The van der Waals surface area contributed by atoms with Crippen LogP contribution in [0.15, 0.2) is 0 Å². The zero-order chi connectivity index (χ0) is 12.8. The highest BCUT2D eigenvalue weighted by atomic mass is 15.5. The molecule has 0 N–H and O–H groups in total. The van der Waals surface area contributed by atoms with Crippen molar-refractivity contribution in [3.63, 3.8) is 0 Å². The van der Waals surface area contributed by atoms with Crippen LogP contribution in [0.5, 0.6) is 0 Å². The Bertz CT molecular complexity index is 406. The van der Waals surface area contributed by atoms with Crippen LogP contribution in [-0.4, -0.2) is 26.8 Å². The predicted molar refractivity (Wildman–Crippen MR) is 70.4 cm³/mol. The minimum atomic E-state index is 0.0217. The number of nitrogens with zero attached hydrogens (tertiary/aromatic N) is 4. The molecule has 0 saturated heterocycles. The maximum Gasteiger partial charge on any atom is 0.224 e. The lowest BCUT2D eigenvalue weighted by Gasteiger charge is -2.38. The molecule has 4 nitrogen and oxygen atoms in total. The van der Waals surface area contributed by atoms with E-state index < -0.39 is 0 Å². The molecule has 1 aliphatic rings. The third kappa shape index (κ3) is 2.31. The summed E-state index contributed by atoms with van der Waals surface area (Å²) in [7, 11) is 0. The zero-order valence-corrected chi connectivity index (χ0v) is 11.9. The Labute approximate surface area is 104 Å². The predicted octanol–water partition coefficient (Wildman–Crippen LogP) is 2.58. The fourth-order valence-corrected chi connectivity index (χ4v) is 2.12. The largest absolute Gasteiger partial charge is 0.336 e. The number of anilines is 1. The summed E-state index contributed by atoms with van der Waals surface area (Å²) >= 11 is 0. The van der Waals surface area contributed by atoms with E-state index in [4.69, 9.17) is 4.98 Å². The van der Waals surface area contributed by atoms with Crippen molar-refractivity contribution in [1.82, 2.24) is 14.8 Å². The number of fused-ring (bicyclic) bond motifs is 1. The smallest absolute Gasteiger partial charge is 0.224 e. The van der Waals surface area contributed by atoms with Crippen LogP contribution in [0.1, 0.15) is 53.8 Å². The van der Waals surface area contributed by atoms with E-state index in [-0.39, 0.29) is 11.0 Å². The van der Waals surface area contributed by atoms with Gasteiger partial charge in [-0.15, -0.1) is 0 Å². The Morgan fingerprint density at radius 2 is 1.65 bits per heavy atom. The lowest BCUT2D eigenvalue weighted by atomic mass is 9.96. The SMILES string of the molecule is CC(C)(C)c1nc2n(n1)CCCN2C(C)(C)C. The van der Waals surface area contributed by atoms with Gasteiger partial charge in [-0.2, -0.15) is 10.1 Å². The summed E-state index contributed by atoms with van der Waals surface area (Å²) < 4.78 is 2.06. The van der Waals surface area contributed by atoms with Crippen molar-refractivity contribution in [3.05, 3.63) is 5.82 Å². The molecule has 0 radical (unpaired) electrons. The molecule has 0 saturated carbocycles. The van der Waals surface area contributed by atoms with Crippen LogP contribution in [0, 0.1) is 0 Å². The number of aryl methyl sites for hydroxylation is 1. The Balaban J connectivity index is 2.42. The van der Waals surface area contributed by atoms with Crippen LogP contribution in [-0.2, 0) is 12.0 Å². The molecule has 0 aromatic carbocycles. The monoisotopic (exact) mass is 236 g/mol. The average molecular weight is 236 g/mol. The maximum atomic E-state index is 4.75. The minimum absolute atomic E-state index is 0.0217. The van der Waals surface area contributed by atoms with Crippen molar-refractivity contribution < 1.29 is 0 Å². The fraction of sp³-hybridized carbons (Fsp3) is 0.846. The van der Waals surface area contributed by atoms with Crippen molar-refractivity contribution in [3.8, 4) is 0 Å². The zero-order valence-electron chi connectivity index (χ0n) is 11.9. The quantitative estimate of drug-likeness (QED) is 0.694. The molecule has 2 heterocycles. The van der Waals surface area contributed by atoms with Gasteiger partial charge in [0.05, 0.1) is 0 Å². The normalized spacial score (nSPS) is 17.2. The van der Waals surface area contributed by atoms with Gasteiger partial charge < -0.3 is 4.90 Å². The lowest BCUT2D eigenvalue weighted by molar-refractivity contribution is 0.420. The van der Waals surface area contributed by atoms with E-state index >= 15 is 0 Å². The Hall–Kier alpha value is -1.06. The molecule has 0 bridgehead atoms. The Morgan fingerprint density at radius 3 is 2.18 bits per heavy atom. The molecule has 2 rings (SSSR count). The first-order valence-electron chi connectivity index (χ1n) is 6.42. The maximum absolute atomic E-state index is 4.75. The summed E-state index contributed by atoms with van der Waals surface area (Å²) in [4.78, 5) is 7.11. The van der Waals surface area contributed by atoms with Gasteiger partial charge in [0.1, 0.15) is 0 Å². The van der Waals surface area contributed by atoms with Crippen molar-refractivity contribution in [2.24, 2.45) is 0 Å². The highest BCUT2D eigenvalue weighted by Gasteiger charge is 2.31. The first kappa shape index (κ1) is 12.4. The van der Waals surface area contributed by atoms with E-state index in [2.05, 4.69) is 56.2 Å². The molecule has 0 aliphatic carbocycles. The summed E-state index contributed by atoms with van der Waals surface area (Å²) in [5, 5.41) is 4.65. The van der Waals surface area contributed by atoms with Gasteiger partial charge in [-0.25, -0.2) is 4.68 Å². The molecule has 1 aliphatic heterocycles. The van der Waals surface area contributed by atoms with Gasteiger partial charge >= 0.3 is 0 Å². The van der Waals surface area contributed by atoms with Crippen molar-refractivity contribution in [2.45, 2.75) is 65.5 Å². The molecule has 4 heteroatoms. The summed E-state index contributed by atoms with van der Waals surface area (Å²) in [6.07, 6.45) is 1.15. The van der Waals surface area contributed by atoms with Gasteiger partial charge in [0.25, 0.3) is 0 Å². The van der Waals surface area contributed by atoms with E-state index in [0.29, 0.717) is 0 Å². The molecule has 1 aromatic heterocycles. The van der Waals surface area contributed by atoms with Gasteiger partial charge in [-0.05, 0) is 27.2 Å². The van der Waals surface area contributed by atoms with Gasteiger partial charge in [0.2, 0.25) is 5.95 Å². The molecule has 96 valence electrons. The third-order valence-electron chi connectivity index (χ3n) is 3.13. The van der Waals surface area contributed by atoms with Gasteiger partial charge in [0, 0.05) is 24.0 Å². The minimum Gasteiger partial charge on any atom is -0.336 e. The van der Waals surface area contributed by atoms with Gasteiger partial charge in [-0.3, -0.25) is 0 Å². The number of aromatic nitrogens is 3. The Kier molecular flexibility index (Phi) is 2.71. The summed E-state index contributed by atoms with van der Waals surface area (Å²) in [6.45, 7) is 15.2. The van der Waals surface area contributed by atoms with E-state index in [1.807, 2.05) is 0 Å². The second kappa shape index (κ2) is 3.72.